The van der Waals surface area contributed by atoms with Crippen LogP contribution in [0.4, 0.5) is 4.39 Å². The number of nitrogens with zero attached hydrogens (tertiary/aromatic N) is 1. The van der Waals surface area contributed by atoms with E-state index in [1.165, 1.54) is 0 Å². The molecule has 1 fully saturated rings. The zero-order valence-corrected chi connectivity index (χ0v) is 11.7. The molecule has 0 unspecified atom stereocenters. The van der Waals surface area contributed by atoms with E-state index in [0.717, 1.165) is 37.5 Å². The summed E-state index contributed by atoms with van der Waals surface area (Å²) in [7, 11) is 0. The van der Waals surface area contributed by atoms with Gasteiger partial charge in [-0.2, -0.15) is 0 Å². The van der Waals surface area contributed by atoms with Crippen LogP contribution in [0.5, 0.6) is 5.75 Å². The van der Waals surface area contributed by atoms with E-state index in [9.17, 15) is 4.39 Å². The predicted molar refractivity (Wildman–Crippen MR) is 75.4 cm³/mol. The summed E-state index contributed by atoms with van der Waals surface area (Å²) in [5, 5.41) is 3.29. The maximum atomic E-state index is 13.3. The van der Waals surface area contributed by atoms with Gasteiger partial charge in [0.15, 0.2) is 0 Å². The lowest BCUT2D eigenvalue weighted by atomic mass is 10.1. The second-order valence-electron chi connectivity index (χ2n) is 5.19. The summed E-state index contributed by atoms with van der Waals surface area (Å²) >= 11 is 0. The fourth-order valence-electron chi connectivity index (χ4n) is 2.43. The molecule has 0 aliphatic carbocycles. The van der Waals surface area contributed by atoms with Crippen LogP contribution in [-0.4, -0.2) is 43.9 Å². The molecule has 0 saturated carbocycles. The third-order valence-corrected chi connectivity index (χ3v) is 3.38. The van der Waals surface area contributed by atoms with Gasteiger partial charge in [0.05, 0.1) is 12.1 Å². The highest BCUT2D eigenvalue weighted by Crippen LogP contribution is 2.24. The van der Waals surface area contributed by atoms with Crippen molar-refractivity contribution in [1.29, 1.82) is 0 Å². The molecule has 1 aromatic rings. The lowest BCUT2D eigenvalue weighted by molar-refractivity contribution is 0.147. The minimum atomic E-state index is -0.343. The van der Waals surface area contributed by atoms with Crippen molar-refractivity contribution < 1.29 is 9.13 Å². The SMILES string of the molecule is CC(C)Oc1ccc([C@@H](CF)N2CCNCC2)cc1. The van der Waals surface area contributed by atoms with Crippen LogP contribution in [-0.2, 0) is 0 Å². The lowest BCUT2D eigenvalue weighted by Crippen LogP contribution is -2.45. The van der Waals surface area contributed by atoms with Crippen molar-refractivity contribution >= 4 is 0 Å². The van der Waals surface area contributed by atoms with Crippen LogP contribution in [0, 0.1) is 0 Å². The largest absolute Gasteiger partial charge is 0.491 e. The first-order valence-corrected chi connectivity index (χ1v) is 6.98. The molecular formula is C15H23FN2O. The van der Waals surface area contributed by atoms with Gasteiger partial charge in [0.25, 0.3) is 0 Å². The third kappa shape index (κ3) is 3.91. The summed E-state index contributed by atoms with van der Waals surface area (Å²) in [4.78, 5) is 2.20. The standard InChI is InChI=1S/C15H23FN2O/c1-12(2)19-14-5-3-13(4-6-14)15(11-16)18-9-7-17-8-10-18/h3-6,12,15,17H,7-11H2,1-2H3/t15-/m1/s1. The Bertz CT molecular complexity index is 374. The Labute approximate surface area is 114 Å². The van der Waals surface area contributed by atoms with Crippen LogP contribution >= 0.6 is 0 Å². The number of ether oxygens (including phenoxy) is 1. The van der Waals surface area contributed by atoms with E-state index in [-0.39, 0.29) is 18.8 Å². The van der Waals surface area contributed by atoms with Gasteiger partial charge in [-0.3, -0.25) is 4.90 Å². The summed E-state index contributed by atoms with van der Waals surface area (Å²) in [5.41, 5.74) is 1.03. The molecule has 1 aromatic carbocycles. The van der Waals surface area contributed by atoms with Gasteiger partial charge in [0.2, 0.25) is 0 Å². The number of benzene rings is 1. The fraction of sp³-hybridized carbons (Fsp3) is 0.600. The number of hydrogen-bond acceptors (Lipinski definition) is 3. The van der Waals surface area contributed by atoms with Crippen molar-refractivity contribution in [2.45, 2.75) is 26.0 Å². The molecule has 4 heteroatoms. The molecule has 1 N–H and O–H groups in total. The van der Waals surface area contributed by atoms with Gasteiger partial charge in [0, 0.05) is 26.2 Å². The molecule has 1 aliphatic rings. The molecule has 0 radical (unpaired) electrons. The Morgan fingerprint density at radius 2 is 1.84 bits per heavy atom. The molecular weight excluding hydrogens is 243 g/mol. The highest BCUT2D eigenvalue weighted by molar-refractivity contribution is 5.29. The van der Waals surface area contributed by atoms with E-state index in [1.807, 2.05) is 38.1 Å². The van der Waals surface area contributed by atoms with Crippen LogP contribution < -0.4 is 10.1 Å². The molecule has 1 atom stereocenters. The average Bonchev–Trinajstić information content (AvgIpc) is 2.42. The van der Waals surface area contributed by atoms with Gasteiger partial charge in [-0.15, -0.1) is 0 Å². The highest BCUT2D eigenvalue weighted by atomic mass is 19.1. The zero-order valence-electron chi connectivity index (χ0n) is 11.7. The van der Waals surface area contributed by atoms with E-state index >= 15 is 0 Å². The van der Waals surface area contributed by atoms with Crippen LogP contribution in [0.1, 0.15) is 25.5 Å². The molecule has 0 amide bonds. The minimum absolute atomic E-state index is 0.129. The van der Waals surface area contributed by atoms with E-state index in [0.29, 0.717) is 0 Å². The van der Waals surface area contributed by atoms with Crippen LogP contribution in [0.2, 0.25) is 0 Å². The molecule has 3 nitrogen and oxygen atoms in total. The second kappa shape index (κ2) is 6.87. The van der Waals surface area contributed by atoms with Gasteiger partial charge < -0.3 is 10.1 Å². The number of halogens is 1. The van der Waals surface area contributed by atoms with Crippen LogP contribution in [0.25, 0.3) is 0 Å². The molecule has 1 heterocycles. The Morgan fingerprint density at radius 3 is 2.37 bits per heavy atom. The predicted octanol–water partition coefficient (Wildman–Crippen LogP) is 2.39. The number of piperazine rings is 1. The van der Waals surface area contributed by atoms with Crippen molar-refractivity contribution in [2.75, 3.05) is 32.9 Å². The van der Waals surface area contributed by atoms with E-state index in [1.54, 1.807) is 0 Å². The third-order valence-electron chi connectivity index (χ3n) is 3.38. The Kier molecular flexibility index (Phi) is 5.16. The first kappa shape index (κ1) is 14.3. The molecule has 0 bridgehead atoms. The summed E-state index contributed by atoms with van der Waals surface area (Å²) in [5.74, 6) is 0.844. The summed E-state index contributed by atoms with van der Waals surface area (Å²) in [6, 6.07) is 7.68. The number of hydrogen-bond donors (Lipinski definition) is 1. The molecule has 0 spiro atoms. The molecule has 2 rings (SSSR count). The quantitative estimate of drug-likeness (QED) is 0.885. The highest BCUT2D eigenvalue weighted by Gasteiger charge is 2.21. The summed E-state index contributed by atoms with van der Waals surface area (Å²) in [6.07, 6.45) is 0.163. The second-order valence-corrected chi connectivity index (χ2v) is 5.19. The average molecular weight is 266 g/mol. The fourth-order valence-corrected chi connectivity index (χ4v) is 2.43. The molecule has 1 saturated heterocycles. The lowest BCUT2D eigenvalue weighted by Gasteiger charge is -2.33. The number of nitrogens with one attached hydrogen (secondary N) is 1. The van der Waals surface area contributed by atoms with E-state index in [2.05, 4.69) is 10.2 Å². The maximum Gasteiger partial charge on any atom is 0.119 e. The Balaban J connectivity index is 2.05. The van der Waals surface area contributed by atoms with Gasteiger partial charge in [-0.1, -0.05) is 12.1 Å². The van der Waals surface area contributed by atoms with Crippen molar-refractivity contribution in [3.63, 3.8) is 0 Å². The zero-order chi connectivity index (χ0) is 13.7. The molecule has 19 heavy (non-hydrogen) atoms. The number of alkyl halides is 1. The topological polar surface area (TPSA) is 24.5 Å². The molecule has 0 aromatic heterocycles. The van der Waals surface area contributed by atoms with Gasteiger partial charge in [-0.25, -0.2) is 4.39 Å². The van der Waals surface area contributed by atoms with Gasteiger partial charge in [-0.05, 0) is 31.5 Å². The minimum Gasteiger partial charge on any atom is -0.491 e. The van der Waals surface area contributed by atoms with Gasteiger partial charge >= 0.3 is 0 Å². The van der Waals surface area contributed by atoms with Crippen molar-refractivity contribution in [3.8, 4) is 5.75 Å². The monoisotopic (exact) mass is 266 g/mol. The van der Waals surface area contributed by atoms with Crippen LogP contribution in [0.15, 0.2) is 24.3 Å². The normalized spacial score (nSPS) is 18.5. The summed E-state index contributed by atoms with van der Waals surface area (Å²) in [6.45, 7) is 7.33. The molecule has 106 valence electrons. The number of rotatable bonds is 5. The first-order chi connectivity index (χ1) is 9.20. The van der Waals surface area contributed by atoms with Crippen LogP contribution in [0.3, 0.4) is 0 Å². The van der Waals surface area contributed by atoms with Gasteiger partial charge in [0.1, 0.15) is 12.4 Å². The van der Waals surface area contributed by atoms with E-state index < -0.39 is 0 Å². The Hall–Kier alpha value is -1.13. The smallest absolute Gasteiger partial charge is 0.119 e. The van der Waals surface area contributed by atoms with Crippen molar-refractivity contribution in [1.82, 2.24) is 10.2 Å². The first-order valence-electron chi connectivity index (χ1n) is 6.98. The van der Waals surface area contributed by atoms with Crippen molar-refractivity contribution in [2.24, 2.45) is 0 Å². The van der Waals surface area contributed by atoms with Crippen molar-refractivity contribution in [3.05, 3.63) is 29.8 Å². The van der Waals surface area contributed by atoms with E-state index in [4.69, 9.17) is 4.74 Å². The Morgan fingerprint density at radius 1 is 1.21 bits per heavy atom. The maximum absolute atomic E-state index is 13.3. The molecule has 1 aliphatic heterocycles. The summed E-state index contributed by atoms with van der Waals surface area (Å²) < 4.78 is 19.0.